The van der Waals surface area contributed by atoms with Gasteiger partial charge in [-0.05, 0) is 38.1 Å². The quantitative estimate of drug-likeness (QED) is 0.933. The van der Waals surface area contributed by atoms with Gasteiger partial charge < -0.3 is 10.2 Å². The summed E-state index contributed by atoms with van der Waals surface area (Å²) in [5, 5.41) is 4.59. The molecule has 0 radical (unpaired) electrons. The lowest BCUT2D eigenvalue weighted by atomic mass is 10.2. The van der Waals surface area contributed by atoms with Gasteiger partial charge in [-0.25, -0.2) is 9.97 Å². The monoisotopic (exact) mass is 297 g/mol. The van der Waals surface area contributed by atoms with Crippen molar-refractivity contribution in [3.63, 3.8) is 0 Å². The van der Waals surface area contributed by atoms with Gasteiger partial charge in [-0.1, -0.05) is 12.1 Å². The summed E-state index contributed by atoms with van der Waals surface area (Å²) < 4.78 is 0. The second-order valence-corrected chi connectivity index (χ2v) is 6.20. The molecule has 2 fully saturated rings. The Hall–Kier alpha value is -1.72. The third-order valence-corrected chi connectivity index (χ3v) is 4.61. The third-order valence-electron chi connectivity index (χ3n) is 4.61. The standard InChI is InChI=1S/C17H23N5/c1-2-6-15-14(5-1)17(22-11-7-18-8-12-22)20-16(19-15)13-21-9-3-4-10-21/h1-2,5-6,18H,3-4,7-13H2. The van der Waals surface area contributed by atoms with Crippen LogP contribution in [0, 0.1) is 0 Å². The fourth-order valence-corrected chi connectivity index (χ4v) is 3.44. The van der Waals surface area contributed by atoms with E-state index >= 15 is 0 Å². The minimum atomic E-state index is 0.879. The minimum absolute atomic E-state index is 0.879. The number of likely N-dealkylation sites (tertiary alicyclic amines) is 1. The van der Waals surface area contributed by atoms with Gasteiger partial charge in [0.25, 0.3) is 0 Å². The summed E-state index contributed by atoms with van der Waals surface area (Å²) in [6, 6.07) is 8.40. The molecule has 0 unspecified atom stereocenters. The predicted molar refractivity (Wildman–Crippen MR) is 89.1 cm³/mol. The van der Waals surface area contributed by atoms with E-state index in [0.29, 0.717) is 0 Å². The van der Waals surface area contributed by atoms with Crippen molar-refractivity contribution in [1.82, 2.24) is 20.2 Å². The first-order valence-electron chi connectivity index (χ1n) is 8.34. The van der Waals surface area contributed by atoms with Crippen molar-refractivity contribution >= 4 is 16.7 Å². The number of anilines is 1. The van der Waals surface area contributed by atoms with Crippen molar-refractivity contribution < 1.29 is 0 Å². The molecule has 5 nitrogen and oxygen atoms in total. The van der Waals surface area contributed by atoms with Crippen molar-refractivity contribution in [2.24, 2.45) is 0 Å². The van der Waals surface area contributed by atoms with Crippen LogP contribution in [0.2, 0.25) is 0 Å². The van der Waals surface area contributed by atoms with Crippen LogP contribution < -0.4 is 10.2 Å². The molecule has 2 aliphatic heterocycles. The van der Waals surface area contributed by atoms with Crippen LogP contribution in [0.15, 0.2) is 24.3 Å². The molecule has 2 aromatic rings. The SMILES string of the molecule is c1ccc2c(N3CCNCC3)nc(CN3CCCC3)nc2c1. The molecule has 2 aliphatic rings. The average molecular weight is 297 g/mol. The van der Waals surface area contributed by atoms with Gasteiger partial charge in [-0.3, -0.25) is 4.90 Å². The van der Waals surface area contributed by atoms with Crippen molar-refractivity contribution in [3.05, 3.63) is 30.1 Å². The van der Waals surface area contributed by atoms with Crippen LogP contribution in [0.1, 0.15) is 18.7 Å². The number of para-hydroxylation sites is 1. The maximum atomic E-state index is 4.93. The Balaban J connectivity index is 1.71. The van der Waals surface area contributed by atoms with Gasteiger partial charge >= 0.3 is 0 Å². The molecule has 5 heteroatoms. The lowest BCUT2D eigenvalue weighted by molar-refractivity contribution is 0.323. The van der Waals surface area contributed by atoms with Gasteiger partial charge in [0.15, 0.2) is 0 Å². The summed E-state index contributed by atoms with van der Waals surface area (Å²) in [6.07, 6.45) is 2.61. The normalized spacial score (nSPS) is 19.9. The predicted octanol–water partition coefficient (Wildman–Crippen LogP) is 1.64. The molecule has 116 valence electrons. The molecular formula is C17H23N5. The molecule has 0 saturated carbocycles. The fraction of sp³-hybridized carbons (Fsp3) is 0.529. The number of benzene rings is 1. The second kappa shape index (κ2) is 6.18. The highest BCUT2D eigenvalue weighted by atomic mass is 15.2. The van der Waals surface area contributed by atoms with Gasteiger partial charge in [0, 0.05) is 31.6 Å². The highest BCUT2D eigenvalue weighted by molar-refractivity contribution is 5.89. The van der Waals surface area contributed by atoms with Gasteiger partial charge in [0.1, 0.15) is 11.6 Å². The number of hydrogen-bond donors (Lipinski definition) is 1. The fourth-order valence-electron chi connectivity index (χ4n) is 3.44. The molecule has 1 N–H and O–H groups in total. The summed E-state index contributed by atoms with van der Waals surface area (Å²) in [7, 11) is 0. The van der Waals surface area contributed by atoms with E-state index in [2.05, 4.69) is 39.4 Å². The molecule has 1 aromatic heterocycles. The van der Waals surface area contributed by atoms with Gasteiger partial charge in [0.05, 0.1) is 12.1 Å². The molecule has 0 aliphatic carbocycles. The lowest BCUT2D eigenvalue weighted by Gasteiger charge is -2.29. The topological polar surface area (TPSA) is 44.3 Å². The molecule has 4 rings (SSSR count). The highest BCUT2D eigenvalue weighted by Gasteiger charge is 2.18. The van der Waals surface area contributed by atoms with E-state index in [0.717, 1.165) is 49.9 Å². The number of aromatic nitrogens is 2. The van der Waals surface area contributed by atoms with Crippen LogP contribution in [0.3, 0.4) is 0 Å². The van der Waals surface area contributed by atoms with E-state index in [-0.39, 0.29) is 0 Å². The first-order chi connectivity index (χ1) is 10.9. The lowest BCUT2D eigenvalue weighted by Crippen LogP contribution is -2.44. The Morgan fingerprint density at radius 3 is 2.55 bits per heavy atom. The Bertz CT molecular complexity index is 645. The van der Waals surface area contributed by atoms with Gasteiger partial charge in [-0.15, -0.1) is 0 Å². The first-order valence-corrected chi connectivity index (χ1v) is 8.34. The first kappa shape index (κ1) is 13.9. The Kier molecular flexibility index (Phi) is 3.91. The van der Waals surface area contributed by atoms with Crippen LogP contribution >= 0.6 is 0 Å². The van der Waals surface area contributed by atoms with E-state index in [1.54, 1.807) is 0 Å². The van der Waals surface area contributed by atoms with Crippen molar-refractivity contribution in [3.8, 4) is 0 Å². The zero-order valence-corrected chi connectivity index (χ0v) is 13.0. The van der Waals surface area contributed by atoms with E-state index < -0.39 is 0 Å². The summed E-state index contributed by atoms with van der Waals surface area (Å²) >= 11 is 0. The number of nitrogens with zero attached hydrogens (tertiary/aromatic N) is 4. The van der Waals surface area contributed by atoms with E-state index in [1.807, 2.05) is 0 Å². The molecule has 22 heavy (non-hydrogen) atoms. The Morgan fingerprint density at radius 2 is 1.73 bits per heavy atom. The maximum Gasteiger partial charge on any atom is 0.145 e. The van der Waals surface area contributed by atoms with Crippen molar-refractivity contribution in [2.45, 2.75) is 19.4 Å². The highest BCUT2D eigenvalue weighted by Crippen LogP contribution is 2.25. The summed E-state index contributed by atoms with van der Waals surface area (Å²) in [5.74, 6) is 2.08. The number of rotatable bonds is 3. The molecule has 0 amide bonds. The second-order valence-electron chi connectivity index (χ2n) is 6.20. The number of nitrogens with one attached hydrogen (secondary N) is 1. The zero-order chi connectivity index (χ0) is 14.8. The molecule has 0 spiro atoms. The molecule has 0 atom stereocenters. The van der Waals surface area contributed by atoms with Crippen molar-refractivity contribution in [2.75, 3.05) is 44.2 Å². The summed E-state index contributed by atoms with van der Waals surface area (Å²) in [5.41, 5.74) is 1.07. The zero-order valence-electron chi connectivity index (χ0n) is 13.0. The average Bonchev–Trinajstić information content (AvgIpc) is 3.08. The number of hydrogen-bond acceptors (Lipinski definition) is 5. The van der Waals surface area contributed by atoms with Crippen LogP contribution in [0.4, 0.5) is 5.82 Å². The molecule has 0 bridgehead atoms. The smallest absolute Gasteiger partial charge is 0.145 e. The number of fused-ring (bicyclic) bond motifs is 1. The molecule has 2 saturated heterocycles. The van der Waals surface area contributed by atoms with E-state index in [4.69, 9.17) is 9.97 Å². The van der Waals surface area contributed by atoms with Crippen LogP contribution in [0.5, 0.6) is 0 Å². The van der Waals surface area contributed by atoms with Gasteiger partial charge in [-0.2, -0.15) is 0 Å². The summed E-state index contributed by atoms with van der Waals surface area (Å²) in [6.45, 7) is 7.33. The number of piperazine rings is 1. The molecule has 3 heterocycles. The Labute approximate surface area is 131 Å². The molecule has 1 aromatic carbocycles. The Morgan fingerprint density at radius 1 is 0.955 bits per heavy atom. The van der Waals surface area contributed by atoms with E-state index in [1.165, 1.54) is 31.3 Å². The van der Waals surface area contributed by atoms with Crippen LogP contribution in [-0.2, 0) is 6.54 Å². The summed E-state index contributed by atoms with van der Waals surface area (Å²) in [4.78, 5) is 14.6. The largest absolute Gasteiger partial charge is 0.353 e. The van der Waals surface area contributed by atoms with Crippen molar-refractivity contribution in [1.29, 1.82) is 0 Å². The van der Waals surface area contributed by atoms with Crippen LogP contribution in [-0.4, -0.2) is 54.1 Å². The molecular weight excluding hydrogens is 274 g/mol. The van der Waals surface area contributed by atoms with Gasteiger partial charge in [0.2, 0.25) is 0 Å². The minimum Gasteiger partial charge on any atom is -0.353 e. The third kappa shape index (κ3) is 2.78. The van der Waals surface area contributed by atoms with Crippen LogP contribution in [0.25, 0.3) is 10.9 Å². The van der Waals surface area contributed by atoms with E-state index in [9.17, 15) is 0 Å². The maximum absolute atomic E-state index is 4.93.